The van der Waals surface area contributed by atoms with E-state index in [1.807, 2.05) is 19.2 Å². The molecular weight excluding hydrogens is 388 g/mol. The number of nitrogens with one attached hydrogen (secondary N) is 2. The Morgan fingerprint density at radius 2 is 1.72 bits per heavy atom. The predicted molar refractivity (Wildman–Crippen MR) is 140 cm³/mol. The minimum Gasteiger partial charge on any atom is -0.384 e. The van der Waals surface area contributed by atoms with Crippen molar-refractivity contribution in [3.63, 3.8) is 0 Å². The minimum atomic E-state index is 0.192. The van der Waals surface area contributed by atoms with E-state index in [4.69, 9.17) is 5.41 Å². The average Bonchev–Trinajstić information content (AvgIpc) is 2.73. The quantitative estimate of drug-likeness (QED) is 0.464. The smallest absolute Gasteiger partial charge is 0.0629 e. The Labute approximate surface area is 194 Å². The summed E-state index contributed by atoms with van der Waals surface area (Å²) in [5.41, 5.74) is 11.1. The first-order chi connectivity index (χ1) is 15.2. The molecule has 1 aliphatic carbocycles. The maximum atomic E-state index is 8.54. The number of aryl methyl sites for hydroxylation is 2. The zero-order valence-corrected chi connectivity index (χ0v) is 20.3. The van der Waals surface area contributed by atoms with Crippen LogP contribution in [0.3, 0.4) is 0 Å². The molecule has 0 amide bonds. The summed E-state index contributed by atoms with van der Waals surface area (Å²) in [6.45, 7) is 17.0. The highest BCUT2D eigenvalue weighted by atomic mass is 14.9. The summed E-state index contributed by atoms with van der Waals surface area (Å²) >= 11 is 0. The van der Waals surface area contributed by atoms with Crippen molar-refractivity contribution in [1.82, 2.24) is 5.32 Å². The lowest BCUT2D eigenvalue weighted by Gasteiger charge is -2.23. The van der Waals surface area contributed by atoms with Crippen molar-refractivity contribution in [3.8, 4) is 0 Å². The van der Waals surface area contributed by atoms with Crippen LogP contribution in [0.5, 0.6) is 0 Å². The summed E-state index contributed by atoms with van der Waals surface area (Å²) in [5, 5.41) is 12.2. The van der Waals surface area contributed by atoms with E-state index in [1.54, 1.807) is 0 Å². The Balaban J connectivity index is 1.94. The summed E-state index contributed by atoms with van der Waals surface area (Å²) < 4.78 is 0. The van der Waals surface area contributed by atoms with E-state index in [2.05, 4.69) is 95.1 Å². The standard InChI is InChI=1S/C30H36N2/c1-19(2)16-30(25-11-9-24(10-12-25)20(3)4)32-18-28-23(7)27(14-15-29(28)31)26-13-8-21(5)17-22(26)6/h8-15,17-19,30-32H,3,16H2,1-2,4-7H3/b28-18-,31-29?. The van der Waals surface area contributed by atoms with Gasteiger partial charge in [0.1, 0.15) is 0 Å². The molecule has 0 saturated heterocycles. The van der Waals surface area contributed by atoms with Gasteiger partial charge in [0.2, 0.25) is 0 Å². The molecule has 0 aliphatic heterocycles. The zero-order chi connectivity index (χ0) is 23.4. The molecule has 2 nitrogen and oxygen atoms in total. The fourth-order valence-electron chi connectivity index (χ4n) is 4.28. The lowest BCUT2D eigenvalue weighted by atomic mass is 9.86. The normalized spacial score (nSPS) is 16.1. The third kappa shape index (κ3) is 5.37. The number of hydrogen-bond donors (Lipinski definition) is 2. The van der Waals surface area contributed by atoms with Gasteiger partial charge >= 0.3 is 0 Å². The Bertz CT molecular complexity index is 1110. The highest BCUT2D eigenvalue weighted by Crippen LogP contribution is 2.32. The molecule has 3 rings (SSSR count). The molecule has 0 saturated carbocycles. The van der Waals surface area contributed by atoms with Crippen molar-refractivity contribution in [2.45, 2.75) is 54.0 Å². The van der Waals surface area contributed by atoms with Crippen LogP contribution in [0.15, 0.2) is 78.5 Å². The van der Waals surface area contributed by atoms with Crippen LogP contribution in [-0.2, 0) is 0 Å². The highest BCUT2D eigenvalue weighted by Gasteiger charge is 2.18. The molecule has 1 unspecified atom stereocenters. The van der Waals surface area contributed by atoms with Crippen LogP contribution in [0.1, 0.15) is 68.0 Å². The van der Waals surface area contributed by atoms with Crippen molar-refractivity contribution >= 4 is 16.9 Å². The summed E-state index contributed by atoms with van der Waals surface area (Å²) in [6, 6.07) is 15.4. The van der Waals surface area contributed by atoms with Gasteiger partial charge in [0, 0.05) is 11.8 Å². The molecule has 2 aromatic rings. The first kappa shape index (κ1) is 23.5. The molecule has 0 fully saturated rings. The van der Waals surface area contributed by atoms with Crippen molar-refractivity contribution in [2.24, 2.45) is 5.92 Å². The van der Waals surface area contributed by atoms with Crippen LogP contribution >= 0.6 is 0 Å². The molecule has 0 aromatic heterocycles. The summed E-state index contributed by atoms with van der Waals surface area (Å²) in [4.78, 5) is 0. The Morgan fingerprint density at radius 1 is 1.03 bits per heavy atom. The van der Waals surface area contributed by atoms with Crippen LogP contribution in [0.25, 0.3) is 11.1 Å². The summed E-state index contributed by atoms with van der Waals surface area (Å²) in [6.07, 6.45) is 7.05. The second-order valence-corrected chi connectivity index (χ2v) is 9.41. The first-order valence-electron chi connectivity index (χ1n) is 11.4. The van der Waals surface area contributed by atoms with Crippen LogP contribution in [0, 0.1) is 25.2 Å². The lowest BCUT2D eigenvalue weighted by Crippen LogP contribution is -2.20. The third-order valence-corrected chi connectivity index (χ3v) is 6.13. The number of benzene rings is 2. The average molecular weight is 425 g/mol. The Kier molecular flexibility index (Phi) is 7.35. The predicted octanol–water partition coefficient (Wildman–Crippen LogP) is 7.96. The Hall–Kier alpha value is -3.13. The Morgan fingerprint density at radius 3 is 2.31 bits per heavy atom. The monoisotopic (exact) mass is 424 g/mol. The molecule has 2 heteroatoms. The number of rotatable bonds is 7. The van der Waals surface area contributed by atoms with Gasteiger partial charge < -0.3 is 10.7 Å². The van der Waals surface area contributed by atoms with Crippen molar-refractivity contribution in [1.29, 1.82) is 5.41 Å². The zero-order valence-electron chi connectivity index (χ0n) is 20.3. The van der Waals surface area contributed by atoms with Gasteiger partial charge in [-0.15, -0.1) is 0 Å². The maximum Gasteiger partial charge on any atom is 0.0629 e. The molecule has 0 spiro atoms. The van der Waals surface area contributed by atoms with Crippen molar-refractivity contribution in [3.05, 3.63) is 106 Å². The van der Waals surface area contributed by atoms with Gasteiger partial charge in [-0.1, -0.05) is 80.1 Å². The van der Waals surface area contributed by atoms with E-state index in [0.717, 1.165) is 23.1 Å². The van der Waals surface area contributed by atoms with Crippen LogP contribution in [0.2, 0.25) is 0 Å². The molecule has 0 bridgehead atoms. The van der Waals surface area contributed by atoms with Gasteiger partial charge in [-0.2, -0.15) is 0 Å². The van der Waals surface area contributed by atoms with E-state index < -0.39 is 0 Å². The molecule has 32 heavy (non-hydrogen) atoms. The summed E-state index contributed by atoms with van der Waals surface area (Å²) in [7, 11) is 0. The molecule has 0 heterocycles. The van der Waals surface area contributed by atoms with Crippen LogP contribution in [0.4, 0.5) is 0 Å². The second kappa shape index (κ2) is 9.99. The van der Waals surface area contributed by atoms with Gasteiger partial charge in [0.25, 0.3) is 0 Å². The van der Waals surface area contributed by atoms with E-state index in [1.165, 1.54) is 33.4 Å². The fourth-order valence-corrected chi connectivity index (χ4v) is 4.28. The van der Waals surface area contributed by atoms with Gasteiger partial charge in [-0.25, -0.2) is 0 Å². The van der Waals surface area contributed by atoms with E-state index in [9.17, 15) is 0 Å². The third-order valence-electron chi connectivity index (χ3n) is 6.13. The van der Waals surface area contributed by atoms with E-state index in [-0.39, 0.29) is 6.04 Å². The summed E-state index contributed by atoms with van der Waals surface area (Å²) in [5.74, 6) is 0.555. The van der Waals surface area contributed by atoms with Crippen LogP contribution < -0.4 is 5.32 Å². The molecule has 1 atom stereocenters. The highest BCUT2D eigenvalue weighted by molar-refractivity contribution is 6.14. The first-order valence-corrected chi connectivity index (χ1v) is 11.4. The molecule has 2 N–H and O–H groups in total. The SMILES string of the molecule is C=C(C)c1ccc(C(CC(C)C)N/C=C2\C(=N)C=CC(c3ccc(C)cc3C)=C2C)cc1. The van der Waals surface area contributed by atoms with E-state index in [0.29, 0.717) is 11.6 Å². The number of allylic oxidation sites excluding steroid dienone is 6. The molecule has 2 aromatic carbocycles. The van der Waals surface area contributed by atoms with Gasteiger partial charge in [-0.05, 0) is 79.5 Å². The molecule has 0 radical (unpaired) electrons. The van der Waals surface area contributed by atoms with Gasteiger partial charge in [0.05, 0.1) is 11.8 Å². The maximum absolute atomic E-state index is 8.54. The largest absolute Gasteiger partial charge is 0.384 e. The minimum absolute atomic E-state index is 0.192. The topological polar surface area (TPSA) is 35.9 Å². The second-order valence-electron chi connectivity index (χ2n) is 9.41. The number of hydrogen-bond acceptors (Lipinski definition) is 2. The molecular formula is C30H36N2. The van der Waals surface area contributed by atoms with Crippen molar-refractivity contribution in [2.75, 3.05) is 0 Å². The van der Waals surface area contributed by atoms with E-state index >= 15 is 0 Å². The van der Waals surface area contributed by atoms with Gasteiger partial charge in [-0.3, -0.25) is 0 Å². The molecule has 166 valence electrons. The van der Waals surface area contributed by atoms with Crippen LogP contribution in [-0.4, -0.2) is 5.71 Å². The van der Waals surface area contributed by atoms with Crippen molar-refractivity contribution < 1.29 is 0 Å². The lowest BCUT2D eigenvalue weighted by molar-refractivity contribution is 0.468. The van der Waals surface area contributed by atoms with Gasteiger partial charge in [0.15, 0.2) is 0 Å². The fraction of sp³-hybridized carbons (Fsp3) is 0.300. The molecule has 1 aliphatic rings.